The van der Waals surface area contributed by atoms with Gasteiger partial charge in [-0.15, -0.1) is 0 Å². The largest absolute Gasteiger partial charge is 0.356 e. The summed E-state index contributed by atoms with van der Waals surface area (Å²) in [6.07, 6.45) is 3.87. The number of hydrogen-bond acceptors (Lipinski definition) is 4. The van der Waals surface area contributed by atoms with E-state index in [2.05, 4.69) is 22.5 Å². The van der Waals surface area contributed by atoms with Gasteiger partial charge in [-0.2, -0.15) is 0 Å². The SMILES string of the molecule is CCCCNC(=O)CC1Sc2ncccc2NC1=O. The number of fused-ring (bicyclic) bond motifs is 1. The molecule has 0 bridgehead atoms. The molecule has 0 saturated heterocycles. The predicted molar refractivity (Wildman–Crippen MR) is 75.0 cm³/mol. The molecule has 0 spiro atoms. The van der Waals surface area contributed by atoms with Crippen molar-refractivity contribution in [1.82, 2.24) is 10.3 Å². The van der Waals surface area contributed by atoms with Crippen LogP contribution in [0.15, 0.2) is 23.4 Å². The first kappa shape index (κ1) is 13.9. The molecule has 0 saturated carbocycles. The fraction of sp³-hybridized carbons (Fsp3) is 0.462. The lowest BCUT2D eigenvalue weighted by Crippen LogP contribution is -2.35. The van der Waals surface area contributed by atoms with Crippen molar-refractivity contribution in [3.63, 3.8) is 0 Å². The van der Waals surface area contributed by atoms with Crippen LogP contribution in [0.2, 0.25) is 0 Å². The number of hydrogen-bond donors (Lipinski definition) is 2. The lowest BCUT2D eigenvalue weighted by molar-refractivity contribution is -0.124. The Morgan fingerprint density at radius 3 is 3.21 bits per heavy atom. The number of nitrogens with one attached hydrogen (secondary N) is 2. The van der Waals surface area contributed by atoms with Gasteiger partial charge in [0, 0.05) is 19.2 Å². The summed E-state index contributed by atoms with van der Waals surface area (Å²) in [5.41, 5.74) is 0.722. The summed E-state index contributed by atoms with van der Waals surface area (Å²) in [7, 11) is 0. The third-order valence-corrected chi connectivity index (χ3v) is 4.01. The molecule has 2 heterocycles. The highest BCUT2D eigenvalue weighted by Crippen LogP contribution is 2.34. The molecule has 0 radical (unpaired) electrons. The minimum Gasteiger partial charge on any atom is -0.356 e. The molecule has 2 rings (SSSR count). The first-order valence-electron chi connectivity index (χ1n) is 6.40. The zero-order chi connectivity index (χ0) is 13.7. The van der Waals surface area contributed by atoms with Crippen molar-refractivity contribution < 1.29 is 9.59 Å². The van der Waals surface area contributed by atoms with Gasteiger partial charge in [-0.25, -0.2) is 4.98 Å². The van der Waals surface area contributed by atoms with Crippen molar-refractivity contribution in [2.75, 3.05) is 11.9 Å². The number of aromatic nitrogens is 1. The van der Waals surface area contributed by atoms with Gasteiger partial charge in [-0.05, 0) is 18.6 Å². The molecule has 0 aliphatic carbocycles. The number of amides is 2. The first-order chi connectivity index (χ1) is 9.20. The van der Waals surface area contributed by atoms with Gasteiger partial charge in [0.25, 0.3) is 0 Å². The van der Waals surface area contributed by atoms with Crippen LogP contribution < -0.4 is 10.6 Å². The van der Waals surface area contributed by atoms with Crippen LogP contribution in [-0.4, -0.2) is 28.6 Å². The van der Waals surface area contributed by atoms with Gasteiger partial charge in [0.05, 0.1) is 10.9 Å². The first-order valence-corrected chi connectivity index (χ1v) is 7.28. The molecular weight excluding hydrogens is 262 g/mol. The second-order valence-electron chi connectivity index (χ2n) is 4.36. The van der Waals surface area contributed by atoms with Crippen molar-refractivity contribution in [3.05, 3.63) is 18.3 Å². The standard InChI is InChI=1S/C13H17N3O2S/c1-2-3-6-14-11(17)8-10-12(18)16-9-5-4-7-15-13(9)19-10/h4-5,7,10H,2-3,6,8H2,1H3,(H,14,17)(H,16,18). The molecule has 0 aromatic carbocycles. The highest BCUT2D eigenvalue weighted by molar-refractivity contribution is 8.00. The fourth-order valence-corrected chi connectivity index (χ4v) is 2.80. The molecule has 1 aromatic rings. The Labute approximate surface area is 116 Å². The number of anilines is 1. The highest BCUT2D eigenvalue weighted by Gasteiger charge is 2.29. The van der Waals surface area contributed by atoms with Crippen LogP contribution in [0, 0.1) is 0 Å². The smallest absolute Gasteiger partial charge is 0.238 e. The Morgan fingerprint density at radius 2 is 2.42 bits per heavy atom. The number of unbranched alkanes of at least 4 members (excludes halogenated alkanes) is 1. The zero-order valence-corrected chi connectivity index (χ0v) is 11.6. The summed E-state index contributed by atoms with van der Waals surface area (Å²) in [5.74, 6) is -0.211. The van der Waals surface area contributed by atoms with Crippen molar-refractivity contribution in [2.45, 2.75) is 36.5 Å². The lowest BCUT2D eigenvalue weighted by atomic mass is 10.2. The summed E-state index contributed by atoms with van der Waals surface area (Å²) < 4.78 is 0. The number of rotatable bonds is 5. The van der Waals surface area contributed by atoms with E-state index in [1.165, 1.54) is 11.8 Å². The Kier molecular flexibility index (Phi) is 4.79. The Balaban J connectivity index is 1.92. The molecule has 102 valence electrons. The van der Waals surface area contributed by atoms with Crippen molar-refractivity contribution in [3.8, 4) is 0 Å². The van der Waals surface area contributed by atoms with Gasteiger partial charge in [0.2, 0.25) is 11.8 Å². The Hall–Kier alpha value is -1.56. The molecule has 1 unspecified atom stereocenters. The van der Waals surface area contributed by atoms with E-state index in [4.69, 9.17) is 0 Å². The fourth-order valence-electron chi connectivity index (χ4n) is 1.76. The average Bonchev–Trinajstić information content (AvgIpc) is 2.40. The normalized spacial score (nSPS) is 17.5. The van der Waals surface area contributed by atoms with Gasteiger partial charge in [-0.3, -0.25) is 9.59 Å². The quantitative estimate of drug-likeness (QED) is 0.806. The monoisotopic (exact) mass is 279 g/mol. The average molecular weight is 279 g/mol. The van der Waals surface area contributed by atoms with Crippen LogP contribution in [0.3, 0.4) is 0 Å². The van der Waals surface area contributed by atoms with E-state index in [0.717, 1.165) is 23.6 Å². The molecular formula is C13H17N3O2S. The minimum absolute atomic E-state index is 0.0829. The summed E-state index contributed by atoms with van der Waals surface area (Å²) >= 11 is 1.35. The maximum Gasteiger partial charge on any atom is 0.238 e. The molecule has 5 nitrogen and oxygen atoms in total. The summed E-state index contributed by atoms with van der Waals surface area (Å²) in [4.78, 5) is 27.8. The van der Waals surface area contributed by atoms with E-state index < -0.39 is 5.25 Å². The van der Waals surface area contributed by atoms with Crippen LogP contribution in [0.1, 0.15) is 26.2 Å². The van der Waals surface area contributed by atoms with Gasteiger partial charge < -0.3 is 10.6 Å². The van der Waals surface area contributed by atoms with E-state index >= 15 is 0 Å². The molecule has 1 aromatic heterocycles. The summed E-state index contributed by atoms with van der Waals surface area (Å²) in [5, 5.41) is 5.98. The Morgan fingerprint density at radius 1 is 1.58 bits per heavy atom. The van der Waals surface area contributed by atoms with Crippen LogP contribution >= 0.6 is 11.8 Å². The molecule has 6 heteroatoms. The summed E-state index contributed by atoms with van der Waals surface area (Å²) in [6, 6.07) is 3.59. The number of nitrogens with zero attached hydrogens (tertiary/aromatic N) is 1. The zero-order valence-electron chi connectivity index (χ0n) is 10.8. The minimum atomic E-state index is -0.399. The molecule has 19 heavy (non-hydrogen) atoms. The second-order valence-corrected chi connectivity index (χ2v) is 5.55. The summed E-state index contributed by atoms with van der Waals surface area (Å²) in [6.45, 7) is 2.74. The number of carbonyl (C=O) groups is 2. The lowest BCUT2D eigenvalue weighted by Gasteiger charge is -2.22. The molecule has 2 amide bonds. The van der Waals surface area contributed by atoms with Gasteiger partial charge in [0.15, 0.2) is 0 Å². The van der Waals surface area contributed by atoms with E-state index in [1.807, 2.05) is 6.07 Å². The highest BCUT2D eigenvalue weighted by atomic mass is 32.2. The van der Waals surface area contributed by atoms with E-state index in [9.17, 15) is 9.59 Å². The van der Waals surface area contributed by atoms with Crippen molar-refractivity contribution >= 4 is 29.3 Å². The molecule has 1 aliphatic rings. The number of carbonyl (C=O) groups excluding carboxylic acids is 2. The van der Waals surface area contributed by atoms with Gasteiger partial charge >= 0.3 is 0 Å². The van der Waals surface area contributed by atoms with Crippen LogP contribution in [0.5, 0.6) is 0 Å². The van der Waals surface area contributed by atoms with Crippen LogP contribution in [-0.2, 0) is 9.59 Å². The molecule has 1 aliphatic heterocycles. The maximum atomic E-state index is 11.9. The molecule has 0 fully saturated rings. The number of thioether (sulfide) groups is 1. The Bertz CT molecular complexity index is 479. The molecule has 2 N–H and O–H groups in total. The van der Waals surface area contributed by atoms with E-state index in [1.54, 1.807) is 12.3 Å². The third kappa shape index (κ3) is 3.70. The number of pyridine rings is 1. The van der Waals surface area contributed by atoms with Gasteiger partial charge in [-0.1, -0.05) is 25.1 Å². The van der Waals surface area contributed by atoms with E-state index in [0.29, 0.717) is 6.54 Å². The van der Waals surface area contributed by atoms with E-state index in [-0.39, 0.29) is 18.2 Å². The second kappa shape index (κ2) is 6.56. The van der Waals surface area contributed by atoms with Crippen molar-refractivity contribution in [1.29, 1.82) is 0 Å². The van der Waals surface area contributed by atoms with Gasteiger partial charge in [0.1, 0.15) is 5.03 Å². The third-order valence-electron chi connectivity index (χ3n) is 2.80. The van der Waals surface area contributed by atoms with Crippen LogP contribution in [0.4, 0.5) is 5.69 Å². The topological polar surface area (TPSA) is 71.1 Å². The molecule has 1 atom stereocenters. The predicted octanol–water partition coefficient (Wildman–Crippen LogP) is 1.80. The van der Waals surface area contributed by atoms with Crippen LogP contribution in [0.25, 0.3) is 0 Å². The van der Waals surface area contributed by atoms with Crippen molar-refractivity contribution in [2.24, 2.45) is 0 Å². The maximum absolute atomic E-state index is 11.9.